The lowest BCUT2D eigenvalue weighted by Gasteiger charge is -2.42. The zero-order valence-corrected chi connectivity index (χ0v) is 14.4. The van der Waals surface area contributed by atoms with E-state index in [0.29, 0.717) is 22.7 Å². The Hall–Kier alpha value is -0.770. The quantitative estimate of drug-likeness (QED) is 0.774. The molecule has 4 atom stereocenters. The summed E-state index contributed by atoms with van der Waals surface area (Å²) in [7, 11) is 2.12. The molecule has 1 aromatic rings. The third-order valence-corrected chi connectivity index (χ3v) is 5.94. The van der Waals surface area contributed by atoms with Gasteiger partial charge in [0.25, 0.3) is 0 Å². The Balaban J connectivity index is 1.96. The summed E-state index contributed by atoms with van der Waals surface area (Å²) >= 11 is 12.2. The molecule has 0 radical (unpaired) electrons. The van der Waals surface area contributed by atoms with Crippen molar-refractivity contribution in [3.8, 4) is 0 Å². The van der Waals surface area contributed by atoms with Gasteiger partial charge in [-0.25, -0.2) is 0 Å². The number of carbonyl (C=O) groups is 1. The minimum absolute atomic E-state index is 0.0872. The van der Waals surface area contributed by atoms with Crippen molar-refractivity contribution >= 4 is 29.2 Å². The van der Waals surface area contributed by atoms with E-state index in [1.807, 2.05) is 25.1 Å². The third-order valence-electron chi connectivity index (χ3n) is 5.20. The highest BCUT2D eigenvalue weighted by Crippen LogP contribution is 2.47. The minimum Gasteiger partial charge on any atom is -0.466 e. The first kappa shape index (κ1) is 16.1. The highest BCUT2D eigenvalue weighted by molar-refractivity contribution is 6.42. The molecule has 3 rings (SSSR count). The van der Waals surface area contributed by atoms with Gasteiger partial charge in [-0.3, -0.25) is 9.69 Å². The number of hydrogen-bond donors (Lipinski definition) is 0. The van der Waals surface area contributed by atoms with Gasteiger partial charge in [-0.05, 0) is 50.9 Å². The Morgan fingerprint density at radius 2 is 2.09 bits per heavy atom. The van der Waals surface area contributed by atoms with E-state index in [-0.39, 0.29) is 23.8 Å². The zero-order valence-electron chi connectivity index (χ0n) is 12.9. The van der Waals surface area contributed by atoms with Gasteiger partial charge in [-0.1, -0.05) is 29.3 Å². The predicted molar refractivity (Wildman–Crippen MR) is 88.5 cm³/mol. The van der Waals surface area contributed by atoms with E-state index in [2.05, 4.69) is 11.9 Å². The number of fused-ring (bicyclic) bond motifs is 2. The second-order valence-electron chi connectivity index (χ2n) is 6.26. The van der Waals surface area contributed by atoms with Gasteiger partial charge in [0.15, 0.2) is 0 Å². The lowest BCUT2D eigenvalue weighted by molar-refractivity contribution is -0.152. The van der Waals surface area contributed by atoms with E-state index in [4.69, 9.17) is 27.9 Å². The lowest BCUT2D eigenvalue weighted by Crippen LogP contribution is -2.49. The monoisotopic (exact) mass is 341 g/mol. The van der Waals surface area contributed by atoms with Gasteiger partial charge in [-0.15, -0.1) is 0 Å². The number of carbonyl (C=O) groups excluding carboxylic acids is 1. The van der Waals surface area contributed by atoms with Crippen LogP contribution in [-0.4, -0.2) is 36.6 Å². The molecule has 1 aromatic carbocycles. The van der Waals surface area contributed by atoms with Gasteiger partial charge >= 0.3 is 5.97 Å². The van der Waals surface area contributed by atoms with Gasteiger partial charge in [-0.2, -0.15) is 0 Å². The van der Waals surface area contributed by atoms with Gasteiger partial charge in [0.05, 0.1) is 22.6 Å². The predicted octanol–water partition coefficient (Wildman–Crippen LogP) is 4.12. The highest BCUT2D eigenvalue weighted by Gasteiger charge is 2.49. The molecule has 120 valence electrons. The normalized spacial score (nSPS) is 31.3. The first-order valence-electron chi connectivity index (χ1n) is 7.86. The number of nitrogens with zero attached hydrogens (tertiary/aromatic N) is 1. The Morgan fingerprint density at radius 3 is 2.77 bits per heavy atom. The first-order valence-corrected chi connectivity index (χ1v) is 8.62. The topological polar surface area (TPSA) is 29.5 Å². The molecule has 2 aliphatic rings. The molecule has 22 heavy (non-hydrogen) atoms. The van der Waals surface area contributed by atoms with E-state index >= 15 is 0 Å². The van der Waals surface area contributed by atoms with Crippen molar-refractivity contribution in [2.45, 2.75) is 44.2 Å². The van der Waals surface area contributed by atoms with Crippen molar-refractivity contribution in [2.75, 3.05) is 13.7 Å². The molecule has 0 aliphatic carbocycles. The van der Waals surface area contributed by atoms with Crippen LogP contribution >= 0.6 is 23.2 Å². The summed E-state index contributed by atoms with van der Waals surface area (Å²) in [5.41, 5.74) is 1.09. The van der Waals surface area contributed by atoms with Crippen molar-refractivity contribution < 1.29 is 9.53 Å². The lowest BCUT2D eigenvalue weighted by atomic mass is 9.76. The number of hydrogen-bond acceptors (Lipinski definition) is 3. The summed E-state index contributed by atoms with van der Waals surface area (Å²) < 4.78 is 5.36. The van der Waals surface area contributed by atoms with Crippen LogP contribution in [0.4, 0.5) is 0 Å². The molecule has 2 heterocycles. The Labute approximate surface area is 141 Å². The smallest absolute Gasteiger partial charge is 0.311 e. The molecule has 3 nitrogen and oxygen atoms in total. The molecular weight excluding hydrogens is 321 g/mol. The van der Waals surface area contributed by atoms with Crippen LogP contribution < -0.4 is 0 Å². The van der Waals surface area contributed by atoms with Gasteiger partial charge in [0, 0.05) is 18.0 Å². The van der Waals surface area contributed by atoms with Gasteiger partial charge in [0.2, 0.25) is 0 Å². The van der Waals surface area contributed by atoms with Crippen LogP contribution in [-0.2, 0) is 9.53 Å². The number of benzene rings is 1. The molecule has 0 saturated carbocycles. The van der Waals surface area contributed by atoms with E-state index in [1.165, 1.54) is 0 Å². The maximum atomic E-state index is 12.6. The fourth-order valence-corrected chi connectivity index (χ4v) is 4.42. The second kappa shape index (κ2) is 6.38. The molecule has 2 bridgehead atoms. The summed E-state index contributed by atoms with van der Waals surface area (Å²) in [5, 5.41) is 1.10. The maximum absolute atomic E-state index is 12.6. The summed E-state index contributed by atoms with van der Waals surface area (Å²) in [6, 6.07) is 6.52. The van der Waals surface area contributed by atoms with Crippen molar-refractivity contribution in [1.82, 2.24) is 4.90 Å². The fourth-order valence-electron chi connectivity index (χ4n) is 4.11. The van der Waals surface area contributed by atoms with Crippen LogP contribution in [0.3, 0.4) is 0 Å². The van der Waals surface area contributed by atoms with Crippen LogP contribution in [0.1, 0.15) is 37.7 Å². The summed E-state index contributed by atoms with van der Waals surface area (Å²) in [6.07, 6.45) is 3.17. The molecule has 2 saturated heterocycles. The van der Waals surface area contributed by atoms with Crippen LogP contribution in [0.25, 0.3) is 0 Å². The van der Waals surface area contributed by atoms with Crippen LogP contribution in [0, 0.1) is 5.92 Å². The summed E-state index contributed by atoms with van der Waals surface area (Å²) in [6.45, 7) is 2.28. The molecular formula is C17H21Cl2NO2. The number of esters is 1. The van der Waals surface area contributed by atoms with Crippen LogP contribution in [0.2, 0.25) is 10.0 Å². The van der Waals surface area contributed by atoms with E-state index in [0.717, 1.165) is 24.8 Å². The van der Waals surface area contributed by atoms with Gasteiger partial charge in [0.1, 0.15) is 0 Å². The second-order valence-corrected chi connectivity index (χ2v) is 7.07. The third kappa shape index (κ3) is 2.75. The Bertz CT molecular complexity index is 578. The molecule has 2 fully saturated rings. The van der Waals surface area contributed by atoms with Gasteiger partial charge < -0.3 is 4.74 Å². The number of ether oxygens (including phenoxy) is 1. The molecule has 0 amide bonds. The van der Waals surface area contributed by atoms with Crippen molar-refractivity contribution in [3.63, 3.8) is 0 Å². The average Bonchev–Trinajstić information content (AvgIpc) is 2.73. The molecule has 3 unspecified atom stereocenters. The minimum atomic E-state index is -0.124. The fraction of sp³-hybridized carbons (Fsp3) is 0.588. The van der Waals surface area contributed by atoms with E-state index in [1.54, 1.807) is 0 Å². The molecule has 2 aliphatic heterocycles. The molecule has 0 N–H and O–H groups in total. The van der Waals surface area contributed by atoms with Crippen molar-refractivity contribution in [1.29, 1.82) is 0 Å². The van der Waals surface area contributed by atoms with E-state index < -0.39 is 0 Å². The molecule has 0 aromatic heterocycles. The number of piperidine rings is 1. The average molecular weight is 342 g/mol. The standard InChI is InChI=1S/C17H21Cl2NO2/c1-3-22-17(21)16-12(9-11-5-7-15(16)20(11)2)10-4-6-13(18)14(19)8-10/h4,6,8,11-12,15-16H,3,5,7,9H2,1-2H3/t11?,12?,15?,16-/m0/s1. The Kier molecular flexibility index (Phi) is 4.67. The van der Waals surface area contributed by atoms with Crippen LogP contribution in [0.5, 0.6) is 0 Å². The summed E-state index contributed by atoms with van der Waals surface area (Å²) in [5.74, 6) is -0.0563. The molecule has 5 heteroatoms. The van der Waals surface area contributed by atoms with E-state index in [9.17, 15) is 4.79 Å². The Morgan fingerprint density at radius 1 is 1.32 bits per heavy atom. The summed E-state index contributed by atoms with van der Waals surface area (Å²) in [4.78, 5) is 14.9. The highest BCUT2D eigenvalue weighted by atomic mass is 35.5. The number of rotatable bonds is 3. The number of halogens is 2. The van der Waals surface area contributed by atoms with Crippen molar-refractivity contribution in [3.05, 3.63) is 33.8 Å². The largest absolute Gasteiger partial charge is 0.466 e. The molecule has 0 spiro atoms. The van der Waals surface area contributed by atoms with Crippen LogP contribution in [0.15, 0.2) is 18.2 Å². The first-order chi connectivity index (χ1) is 10.5. The SMILES string of the molecule is CCOC(=O)[C@H]1C(c2ccc(Cl)c(Cl)c2)CC2CCC1N2C. The maximum Gasteiger partial charge on any atom is 0.311 e. The van der Waals surface area contributed by atoms with Crippen molar-refractivity contribution in [2.24, 2.45) is 5.92 Å². The zero-order chi connectivity index (χ0) is 15.9.